The van der Waals surface area contributed by atoms with Crippen LogP contribution in [0.1, 0.15) is 38.7 Å². The first-order chi connectivity index (χ1) is 11.2. The van der Waals surface area contributed by atoms with Gasteiger partial charge in [0.25, 0.3) is 5.69 Å². The molecule has 0 aromatic heterocycles. The second-order valence-corrected chi connectivity index (χ2v) is 6.81. The Morgan fingerprint density at radius 2 is 2.12 bits per heavy atom. The van der Waals surface area contributed by atoms with E-state index in [0.29, 0.717) is 5.56 Å². The molecule has 0 amide bonds. The predicted octanol–water partition coefficient (Wildman–Crippen LogP) is 2.49. The van der Waals surface area contributed by atoms with Crippen LogP contribution in [0.3, 0.4) is 0 Å². The van der Waals surface area contributed by atoms with Crippen LogP contribution in [0.5, 0.6) is 0 Å². The lowest BCUT2D eigenvalue weighted by Gasteiger charge is -2.45. The molecule has 0 spiro atoms. The second kappa shape index (κ2) is 5.59. The largest absolute Gasteiger partial charge is 0.389 e. The Morgan fingerprint density at radius 3 is 2.75 bits per heavy atom. The summed E-state index contributed by atoms with van der Waals surface area (Å²) in [4.78, 5) is 23.0. The van der Waals surface area contributed by atoms with E-state index in [1.165, 1.54) is 19.1 Å². The van der Waals surface area contributed by atoms with Gasteiger partial charge in [0.2, 0.25) is 0 Å². The number of benzene rings is 1. The van der Waals surface area contributed by atoms with E-state index in [1.54, 1.807) is 19.1 Å². The average Bonchev–Trinajstić information content (AvgIpc) is 2.85. The third-order valence-corrected chi connectivity index (χ3v) is 4.98. The minimum absolute atomic E-state index is 0.0360. The van der Waals surface area contributed by atoms with Crippen molar-refractivity contribution in [1.82, 2.24) is 0 Å². The number of carbonyl (C=O) groups is 1. The van der Waals surface area contributed by atoms with Gasteiger partial charge in [-0.15, -0.1) is 0 Å². The van der Waals surface area contributed by atoms with Crippen molar-refractivity contribution in [3.63, 3.8) is 0 Å². The van der Waals surface area contributed by atoms with Crippen molar-refractivity contribution in [2.75, 3.05) is 0 Å². The lowest BCUT2D eigenvalue weighted by molar-refractivity contribution is -0.385. The summed E-state index contributed by atoms with van der Waals surface area (Å²) >= 11 is 0. The highest BCUT2D eigenvalue weighted by Gasteiger charge is 2.53. The molecule has 7 nitrogen and oxygen atoms in total. The van der Waals surface area contributed by atoms with Crippen LogP contribution >= 0.6 is 0 Å². The van der Waals surface area contributed by atoms with Gasteiger partial charge in [-0.2, -0.15) is 10.2 Å². The molecule has 24 heavy (non-hydrogen) atoms. The van der Waals surface area contributed by atoms with E-state index in [-0.39, 0.29) is 23.8 Å². The maximum absolute atomic E-state index is 12.3. The first kappa shape index (κ1) is 16.4. The number of aliphatic hydroxyl groups is 1. The smallest absolute Gasteiger partial charge is 0.269 e. The summed E-state index contributed by atoms with van der Waals surface area (Å²) in [6.07, 6.45) is 0.272. The fraction of sp³-hybridized carbons (Fsp3) is 0.471. The molecule has 0 bridgehead atoms. The molecule has 1 saturated carbocycles. The van der Waals surface area contributed by atoms with Crippen molar-refractivity contribution in [3.05, 3.63) is 39.9 Å². The molecule has 0 radical (unpaired) electrons. The summed E-state index contributed by atoms with van der Waals surface area (Å²) in [6, 6.07) is 6.26. The number of nitro benzene ring substituents is 1. The van der Waals surface area contributed by atoms with Crippen LogP contribution in [0.2, 0.25) is 0 Å². The number of hydrogen-bond donors (Lipinski definition) is 1. The molecular formula is C17H19N3O4. The number of nitrogens with zero attached hydrogens (tertiary/aromatic N) is 3. The molecule has 7 heteroatoms. The van der Waals surface area contributed by atoms with Crippen LogP contribution in [0.4, 0.5) is 5.69 Å². The Labute approximate surface area is 139 Å². The van der Waals surface area contributed by atoms with Crippen LogP contribution < -0.4 is 0 Å². The van der Waals surface area contributed by atoms with E-state index in [2.05, 4.69) is 10.2 Å². The van der Waals surface area contributed by atoms with Crippen molar-refractivity contribution in [1.29, 1.82) is 0 Å². The third-order valence-electron chi connectivity index (χ3n) is 4.98. The number of non-ortho nitro benzene ring substituents is 1. The molecular weight excluding hydrogens is 310 g/mol. The zero-order valence-corrected chi connectivity index (χ0v) is 13.8. The maximum atomic E-state index is 12.3. The molecule has 0 saturated heterocycles. The van der Waals surface area contributed by atoms with E-state index in [0.717, 1.165) is 11.4 Å². The molecule has 1 aromatic rings. The Kier molecular flexibility index (Phi) is 3.83. The lowest BCUT2D eigenvalue weighted by atomic mass is 9.59. The highest BCUT2D eigenvalue weighted by molar-refractivity contribution is 6.12. The number of nitro groups is 1. The zero-order chi connectivity index (χ0) is 17.6. The topological polar surface area (TPSA) is 105 Å². The summed E-state index contributed by atoms with van der Waals surface area (Å²) in [6.45, 7) is 4.91. The summed E-state index contributed by atoms with van der Waals surface area (Å²) in [5.41, 5.74) is 0.843. The second-order valence-electron chi connectivity index (χ2n) is 6.81. The molecule has 1 heterocycles. The van der Waals surface area contributed by atoms with Gasteiger partial charge in [0, 0.05) is 36.1 Å². The Balaban J connectivity index is 2.17. The number of Topliss-reactive ketones (excluding diaryl/α,β-unsaturated/α-hetero) is 1. The summed E-state index contributed by atoms with van der Waals surface area (Å²) < 4.78 is 0. The van der Waals surface area contributed by atoms with E-state index in [4.69, 9.17) is 0 Å². The Hall–Kier alpha value is -2.41. The Morgan fingerprint density at radius 1 is 1.42 bits per heavy atom. The van der Waals surface area contributed by atoms with Gasteiger partial charge in [0.05, 0.1) is 22.2 Å². The van der Waals surface area contributed by atoms with E-state index in [1.807, 2.05) is 6.92 Å². The molecule has 4 atom stereocenters. The maximum Gasteiger partial charge on any atom is 0.269 e. The Bertz CT molecular complexity index is 782. The van der Waals surface area contributed by atoms with Crippen molar-refractivity contribution in [2.45, 2.75) is 38.7 Å². The fourth-order valence-corrected chi connectivity index (χ4v) is 4.10. The molecule has 1 N–H and O–H groups in total. The van der Waals surface area contributed by atoms with Crippen LogP contribution in [-0.2, 0) is 4.79 Å². The number of ketones is 1. The predicted molar refractivity (Wildman–Crippen MR) is 89.3 cm³/mol. The summed E-state index contributed by atoms with van der Waals surface area (Å²) in [5.74, 6) is -1.45. The molecule has 0 unspecified atom stereocenters. The van der Waals surface area contributed by atoms with Crippen LogP contribution in [-0.4, -0.2) is 32.8 Å². The molecule has 1 aromatic carbocycles. The molecule has 1 aliphatic carbocycles. The molecule has 1 fully saturated rings. The zero-order valence-electron chi connectivity index (χ0n) is 13.8. The minimum Gasteiger partial charge on any atom is -0.389 e. The number of fused-ring (bicyclic) bond motifs is 1. The summed E-state index contributed by atoms with van der Waals surface area (Å²) in [7, 11) is 0. The number of rotatable bonds is 3. The van der Waals surface area contributed by atoms with Crippen LogP contribution in [0, 0.1) is 22.0 Å². The summed E-state index contributed by atoms with van der Waals surface area (Å²) in [5, 5.41) is 30.3. The normalized spacial score (nSPS) is 31.9. The first-order valence-corrected chi connectivity index (χ1v) is 7.80. The molecule has 2 aliphatic rings. The average molecular weight is 329 g/mol. The van der Waals surface area contributed by atoms with Crippen molar-refractivity contribution in [3.8, 4) is 0 Å². The monoisotopic (exact) mass is 329 g/mol. The highest BCUT2D eigenvalue weighted by atomic mass is 16.6. The van der Waals surface area contributed by atoms with Crippen molar-refractivity contribution >= 4 is 22.9 Å². The van der Waals surface area contributed by atoms with E-state index in [9.17, 15) is 20.0 Å². The quantitative estimate of drug-likeness (QED) is 0.679. The van der Waals surface area contributed by atoms with E-state index >= 15 is 0 Å². The number of hydrogen-bond acceptors (Lipinski definition) is 6. The van der Waals surface area contributed by atoms with E-state index < -0.39 is 22.4 Å². The van der Waals surface area contributed by atoms with Gasteiger partial charge < -0.3 is 5.11 Å². The van der Waals surface area contributed by atoms with Gasteiger partial charge in [-0.25, -0.2) is 0 Å². The van der Waals surface area contributed by atoms with Gasteiger partial charge in [0.1, 0.15) is 5.78 Å². The van der Waals surface area contributed by atoms with Crippen LogP contribution in [0.15, 0.2) is 34.5 Å². The standard InChI is InChI=1S/C17H19N3O4/c1-9-14-13(19-18-9)8-17(3,22)16(10(2)21)15(14)11-5-4-6-12(7-11)20(23)24/h4-7,14-16,22H,8H2,1-3H3/t14-,15-,16+,17-/m1/s1. The van der Waals surface area contributed by atoms with Gasteiger partial charge >= 0.3 is 0 Å². The highest BCUT2D eigenvalue weighted by Crippen LogP contribution is 2.48. The number of carbonyl (C=O) groups excluding carboxylic acids is 1. The molecule has 3 rings (SSSR count). The van der Waals surface area contributed by atoms with Gasteiger partial charge in [-0.3, -0.25) is 14.9 Å². The van der Waals surface area contributed by atoms with Gasteiger partial charge in [0.15, 0.2) is 0 Å². The van der Waals surface area contributed by atoms with Crippen molar-refractivity contribution in [2.24, 2.45) is 22.0 Å². The van der Waals surface area contributed by atoms with Crippen molar-refractivity contribution < 1.29 is 14.8 Å². The molecule has 1 aliphatic heterocycles. The minimum atomic E-state index is -1.27. The lowest BCUT2D eigenvalue weighted by Crippen LogP contribution is -2.53. The van der Waals surface area contributed by atoms with Gasteiger partial charge in [-0.05, 0) is 26.3 Å². The molecule has 126 valence electrons. The third kappa shape index (κ3) is 2.54. The SMILES string of the molecule is CC(=O)[C@H]1[C@H](c2cccc([N+](=O)[O-])c2)[C@@H]2C(C)=NN=C2C[C@@]1(C)O. The first-order valence-electron chi connectivity index (χ1n) is 7.80. The van der Waals surface area contributed by atoms with Crippen LogP contribution in [0.25, 0.3) is 0 Å². The van der Waals surface area contributed by atoms with Gasteiger partial charge in [-0.1, -0.05) is 12.1 Å². The fourth-order valence-electron chi connectivity index (χ4n) is 4.10.